The molecule has 0 aliphatic heterocycles. The summed E-state index contributed by atoms with van der Waals surface area (Å²) in [5.41, 5.74) is 4.24. The predicted octanol–water partition coefficient (Wildman–Crippen LogP) is 3.74. The molecule has 2 N–H and O–H groups in total. The molecule has 2 aromatic rings. The van der Waals surface area contributed by atoms with Gasteiger partial charge in [-0.2, -0.15) is 0 Å². The number of benzene rings is 1. The number of allylic oxidation sites excluding steroid dienone is 1. The van der Waals surface area contributed by atoms with Gasteiger partial charge in [-0.1, -0.05) is 24.3 Å². The number of nitrogens with zero attached hydrogens (tertiary/aromatic N) is 2. The van der Waals surface area contributed by atoms with Crippen LogP contribution in [-0.2, 0) is 4.79 Å². The molecule has 0 spiro atoms. The van der Waals surface area contributed by atoms with Crippen LogP contribution in [0.2, 0.25) is 0 Å². The Morgan fingerprint density at radius 2 is 1.92 bits per heavy atom. The van der Waals surface area contributed by atoms with Crippen LogP contribution in [0.3, 0.4) is 0 Å². The number of carbonyl (C=O) groups is 1. The minimum Gasteiger partial charge on any atom is -0.388 e. The largest absolute Gasteiger partial charge is 0.388 e. The van der Waals surface area contributed by atoms with Crippen LogP contribution in [0.1, 0.15) is 18.1 Å². The van der Waals surface area contributed by atoms with Crippen molar-refractivity contribution in [1.29, 1.82) is 0 Å². The minimum absolute atomic E-state index is 0.0476. The standard InChI is InChI=1S/C21H26N4O/c1-16(18-7-5-6-8-19(18)22-2)13-14-25(4)21(26)12-10-17-9-11-20(23-3)24-15-17/h5-13,15,22H,14H2,1-4H3,(H,23,24)/b12-10+,16-13+. The van der Waals surface area contributed by atoms with Gasteiger partial charge in [0.05, 0.1) is 0 Å². The molecule has 136 valence electrons. The Bertz CT molecular complexity index is 794. The fraction of sp³-hybridized carbons (Fsp3) is 0.238. The van der Waals surface area contributed by atoms with Crippen LogP contribution in [0.4, 0.5) is 11.5 Å². The monoisotopic (exact) mass is 350 g/mol. The predicted molar refractivity (Wildman–Crippen MR) is 110 cm³/mol. The maximum Gasteiger partial charge on any atom is 0.246 e. The molecule has 1 amide bonds. The Kier molecular flexibility index (Phi) is 6.97. The number of anilines is 2. The summed E-state index contributed by atoms with van der Waals surface area (Å²) in [5, 5.41) is 6.16. The fourth-order valence-corrected chi connectivity index (χ4v) is 2.47. The zero-order chi connectivity index (χ0) is 18.9. The highest BCUT2D eigenvalue weighted by Gasteiger charge is 2.05. The van der Waals surface area contributed by atoms with E-state index in [0.29, 0.717) is 6.54 Å². The maximum absolute atomic E-state index is 12.3. The van der Waals surface area contributed by atoms with Crippen LogP contribution in [0.5, 0.6) is 0 Å². The minimum atomic E-state index is -0.0476. The van der Waals surface area contributed by atoms with E-state index >= 15 is 0 Å². The van der Waals surface area contributed by atoms with E-state index in [2.05, 4.69) is 34.7 Å². The number of amides is 1. The number of para-hydroxylation sites is 1. The van der Waals surface area contributed by atoms with Gasteiger partial charge in [-0.15, -0.1) is 0 Å². The molecule has 0 saturated heterocycles. The third-order valence-electron chi connectivity index (χ3n) is 4.13. The second-order valence-electron chi connectivity index (χ2n) is 5.96. The van der Waals surface area contributed by atoms with Crippen molar-refractivity contribution in [2.45, 2.75) is 6.92 Å². The summed E-state index contributed by atoms with van der Waals surface area (Å²) >= 11 is 0. The first-order chi connectivity index (χ1) is 12.5. The van der Waals surface area contributed by atoms with Gasteiger partial charge in [-0.05, 0) is 42.3 Å². The van der Waals surface area contributed by atoms with Crippen molar-refractivity contribution in [1.82, 2.24) is 9.88 Å². The van der Waals surface area contributed by atoms with E-state index in [1.807, 2.05) is 44.4 Å². The van der Waals surface area contributed by atoms with E-state index in [1.54, 1.807) is 30.3 Å². The first-order valence-electron chi connectivity index (χ1n) is 8.56. The van der Waals surface area contributed by atoms with Gasteiger partial charge in [-0.3, -0.25) is 4.79 Å². The number of rotatable bonds is 7. The van der Waals surface area contributed by atoms with Crippen molar-refractivity contribution in [3.05, 3.63) is 65.9 Å². The molecule has 1 aromatic carbocycles. The molecule has 0 unspecified atom stereocenters. The molecule has 0 aliphatic carbocycles. The Hall–Kier alpha value is -3.08. The lowest BCUT2D eigenvalue weighted by molar-refractivity contribution is -0.124. The summed E-state index contributed by atoms with van der Waals surface area (Å²) in [6.07, 6.45) is 7.14. The molecule has 0 atom stereocenters. The summed E-state index contributed by atoms with van der Waals surface area (Å²) < 4.78 is 0. The lowest BCUT2D eigenvalue weighted by Gasteiger charge is -2.14. The molecule has 1 aromatic heterocycles. The number of hydrogen-bond donors (Lipinski definition) is 2. The van der Waals surface area contributed by atoms with Gasteiger partial charge in [0.25, 0.3) is 0 Å². The van der Waals surface area contributed by atoms with Gasteiger partial charge in [-0.25, -0.2) is 4.98 Å². The Morgan fingerprint density at radius 1 is 1.15 bits per heavy atom. The Morgan fingerprint density at radius 3 is 2.58 bits per heavy atom. The topological polar surface area (TPSA) is 57.3 Å². The molecule has 5 heteroatoms. The zero-order valence-corrected chi connectivity index (χ0v) is 15.8. The van der Waals surface area contributed by atoms with E-state index in [4.69, 9.17) is 0 Å². The van der Waals surface area contributed by atoms with Gasteiger partial charge in [0.15, 0.2) is 0 Å². The number of nitrogens with one attached hydrogen (secondary N) is 2. The summed E-state index contributed by atoms with van der Waals surface area (Å²) in [7, 11) is 5.52. The molecule has 5 nitrogen and oxygen atoms in total. The number of likely N-dealkylation sites (N-methyl/N-ethyl adjacent to an activating group) is 1. The number of carbonyl (C=O) groups excluding carboxylic acids is 1. The summed E-state index contributed by atoms with van der Waals surface area (Å²) in [6.45, 7) is 2.60. The van der Waals surface area contributed by atoms with Gasteiger partial charge >= 0.3 is 0 Å². The van der Waals surface area contributed by atoms with Crippen molar-refractivity contribution in [2.75, 3.05) is 38.3 Å². The number of hydrogen-bond acceptors (Lipinski definition) is 4. The van der Waals surface area contributed by atoms with E-state index in [9.17, 15) is 4.79 Å². The van der Waals surface area contributed by atoms with E-state index in [-0.39, 0.29) is 5.91 Å². The molecule has 0 fully saturated rings. The number of aromatic nitrogens is 1. The third kappa shape index (κ3) is 5.21. The molecule has 0 bridgehead atoms. The Balaban J connectivity index is 1.98. The summed E-state index contributed by atoms with van der Waals surface area (Å²) in [5.74, 6) is 0.752. The van der Waals surface area contributed by atoms with Crippen molar-refractivity contribution >= 4 is 29.1 Å². The first-order valence-corrected chi connectivity index (χ1v) is 8.56. The summed E-state index contributed by atoms with van der Waals surface area (Å²) in [6, 6.07) is 11.9. The van der Waals surface area contributed by atoms with E-state index < -0.39 is 0 Å². The lowest BCUT2D eigenvalue weighted by Crippen LogP contribution is -2.24. The van der Waals surface area contributed by atoms with Gasteiger partial charge < -0.3 is 15.5 Å². The number of pyridine rings is 1. The second kappa shape index (κ2) is 9.42. The maximum atomic E-state index is 12.3. The second-order valence-corrected chi connectivity index (χ2v) is 5.96. The smallest absolute Gasteiger partial charge is 0.246 e. The quantitative estimate of drug-likeness (QED) is 0.747. The molecule has 0 saturated carbocycles. The average molecular weight is 350 g/mol. The van der Waals surface area contributed by atoms with Crippen LogP contribution in [0.25, 0.3) is 11.6 Å². The Labute approximate surface area is 155 Å². The van der Waals surface area contributed by atoms with Crippen molar-refractivity contribution < 1.29 is 4.79 Å². The third-order valence-corrected chi connectivity index (χ3v) is 4.13. The lowest BCUT2D eigenvalue weighted by atomic mass is 10.0. The molecule has 0 radical (unpaired) electrons. The zero-order valence-electron chi connectivity index (χ0n) is 15.8. The molecule has 26 heavy (non-hydrogen) atoms. The average Bonchev–Trinajstić information content (AvgIpc) is 2.70. The first kappa shape index (κ1) is 19.2. The highest BCUT2D eigenvalue weighted by atomic mass is 16.2. The van der Waals surface area contributed by atoms with Crippen molar-refractivity contribution in [2.24, 2.45) is 0 Å². The van der Waals surface area contributed by atoms with Crippen LogP contribution < -0.4 is 10.6 Å². The van der Waals surface area contributed by atoms with Crippen molar-refractivity contribution in [3.63, 3.8) is 0 Å². The van der Waals surface area contributed by atoms with Crippen LogP contribution in [0, 0.1) is 0 Å². The molecule has 1 heterocycles. The van der Waals surface area contributed by atoms with E-state index in [0.717, 1.165) is 28.2 Å². The molecule has 2 rings (SSSR count). The highest BCUT2D eigenvalue weighted by Crippen LogP contribution is 2.22. The van der Waals surface area contributed by atoms with Gasteiger partial charge in [0, 0.05) is 51.2 Å². The highest BCUT2D eigenvalue weighted by molar-refractivity contribution is 5.91. The SMILES string of the molecule is CNc1ccc(/C=C/C(=O)N(C)C/C=C(\C)c2ccccc2NC)cn1. The normalized spacial score (nSPS) is 11.5. The van der Waals surface area contributed by atoms with Crippen molar-refractivity contribution in [3.8, 4) is 0 Å². The van der Waals surface area contributed by atoms with E-state index in [1.165, 1.54) is 0 Å². The van der Waals surface area contributed by atoms with Crippen LogP contribution in [-0.4, -0.2) is 43.5 Å². The van der Waals surface area contributed by atoms with Gasteiger partial charge in [0.1, 0.15) is 5.82 Å². The summed E-state index contributed by atoms with van der Waals surface area (Å²) in [4.78, 5) is 18.2. The fourth-order valence-electron chi connectivity index (χ4n) is 2.47. The molecule has 0 aliphatic rings. The van der Waals surface area contributed by atoms with Crippen LogP contribution >= 0.6 is 0 Å². The molecular formula is C21H26N4O. The van der Waals surface area contributed by atoms with Gasteiger partial charge in [0.2, 0.25) is 5.91 Å². The van der Waals surface area contributed by atoms with Crippen LogP contribution in [0.15, 0.2) is 54.7 Å². The molecular weight excluding hydrogens is 324 g/mol.